The number of nitrogens with one attached hydrogen (secondary N) is 1. The quantitative estimate of drug-likeness (QED) is 0.857. The topological polar surface area (TPSA) is 80.9 Å². The number of hydrogen-bond donors (Lipinski definition) is 2. The van der Waals surface area contributed by atoms with E-state index in [-0.39, 0.29) is 12.3 Å². The maximum atomic E-state index is 11.0. The van der Waals surface area contributed by atoms with Crippen LogP contribution in [0.1, 0.15) is 20.3 Å². The van der Waals surface area contributed by atoms with Gasteiger partial charge in [-0.2, -0.15) is 10.2 Å². The molecule has 1 heterocycles. The van der Waals surface area contributed by atoms with Gasteiger partial charge >= 0.3 is 0 Å². The molecule has 0 spiro atoms. The number of benzene rings is 1. The van der Waals surface area contributed by atoms with Gasteiger partial charge in [0.25, 0.3) is 0 Å². The second-order valence-corrected chi connectivity index (χ2v) is 4.93. The standard InChI is InChI=1S/C13H16N4O/c1-13(2,7-12(14)18)16-11-8-15-17-10-6-4-3-5-9(10)11/h3-6,8H,7H2,1-2H3,(H2,14,18)(H,16,17). The van der Waals surface area contributed by atoms with Gasteiger partial charge in [-0.25, -0.2) is 0 Å². The zero-order valence-corrected chi connectivity index (χ0v) is 10.5. The zero-order chi connectivity index (χ0) is 13.2. The highest BCUT2D eigenvalue weighted by Gasteiger charge is 2.21. The van der Waals surface area contributed by atoms with Crippen molar-refractivity contribution in [3.63, 3.8) is 0 Å². The third-order valence-electron chi connectivity index (χ3n) is 2.64. The molecule has 5 nitrogen and oxygen atoms in total. The Morgan fingerprint density at radius 1 is 1.39 bits per heavy atom. The second-order valence-electron chi connectivity index (χ2n) is 4.93. The molecule has 1 aromatic heterocycles. The Bertz CT molecular complexity index is 575. The molecule has 2 rings (SSSR count). The van der Waals surface area contributed by atoms with E-state index in [2.05, 4.69) is 15.5 Å². The summed E-state index contributed by atoms with van der Waals surface area (Å²) in [5.74, 6) is -0.334. The maximum absolute atomic E-state index is 11.0. The first-order valence-electron chi connectivity index (χ1n) is 5.75. The second kappa shape index (κ2) is 4.60. The first-order chi connectivity index (χ1) is 8.48. The van der Waals surface area contributed by atoms with Crippen molar-refractivity contribution in [3.8, 4) is 0 Å². The van der Waals surface area contributed by atoms with Gasteiger partial charge in [0, 0.05) is 17.3 Å². The van der Waals surface area contributed by atoms with E-state index in [4.69, 9.17) is 5.73 Å². The molecule has 0 fully saturated rings. The summed E-state index contributed by atoms with van der Waals surface area (Å²) in [6.07, 6.45) is 1.91. The molecule has 0 bridgehead atoms. The number of fused-ring (bicyclic) bond motifs is 1. The molecule has 0 atom stereocenters. The van der Waals surface area contributed by atoms with Gasteiger partial charge in [-0.1, -0.05) is 18.2 Å². The molecule has 0 aliphatic heterocycles. The summed E-state index contributed by atoms with van der Waals surface area (Å²) in [6.45, 7) is 3.85. The van der Waals surface area contributed by atoms with Crippen molar-refractivity contribution in [2.45, 2.75) is 25.8 Å². The van der Waals surface area contributed by atoms with Gasteiger partial charge in [0.05, 0.1) is 17.4 Å². The van der Waals surface area contributed by atoms with Gasteiger partial charge in [-0.05, 0) is 19.9 Å². The molecule has 0 saturated carbocycles. The lowest BCUT2D eigenvalue weighted by molar-refractivity contribution is -0.118. The lowest BCUT2D eigenvalue weighted by Crippen LogP contribution is -2.36. The molecule has 0 saturated heterocycles. The first-order valence-corrected chi connectivity index (χ1v) is 5.75. The number of carbonyl (C=O) groups excluding carboxylic acids is 1. The Morgan fingerprint density at radius 3 is 2.83 bits per heavy atom. The lowest BCUT2D eigenvalue weighted by atomic mass is 9.99. The summed E-state index contributed by atoms with van der Waals surface area (Å²) in [4.78, 5) is 11.0. The van der Waals surface area contributed by atoms with Crippen LogP contribution in [0.15, 0.2) is 30.5 Å². The van der Waals surface area contributed by atoms with Gasteiger partial charge in [0.2, 0.25) is 5.91 Å². The van der Waals surface area contributed by atoms with Crippen LogP contribution < -0.4 is 11.1 Å². The molecule has 0 aliphatic rings. The largest absolute Gasteiger partial charge is 0.378 e. The van der Waals surface area contributed by atoms with Crippen LogP contribution in [-0.4, -0.2) is 21.6 Å². The minimum absolute atomic E-state index is 0.254. The third-order valence-corrected chi connectivity index (χ3v) is 2.64. The number of aromatic nitrogens is 2. The van der Waals surface area contributed by atoms with Crippen LogP contribution >= 0.6 is 0 Å². The highest BCUT2D eigenvalue weighted by Crippen LogP contribution is 2.24. The number of primary amides is 1. The maximum Gasteiger partial charge on any atom is 0.219 e. The number of hydrogen-bond acceptors (Lipinski definition) is 4. The van der Waals surface area contributed by atoms with E-state index in [0.717, 1.165) is 16.6 Å². The summed E-state index contributed by atoms with van der Waals surface area (Å²) in [6, 6.07) is 7.72. The highest BCUT2D eigenvalue weighted by molar-refractivity contribution is 5.90. The number of nitrogens with zero attached hydrogens (tertiary/aromatic N) is 2. The van der Waals surface area contributed by atoms with Gasteiger partial charge < -0.3 is 11.1 Å². The smallest absolute Gasteiger partial charge is 0.219 e. The average Bonchev–Trinajstić information content (AvgIpc) is 2.27. The van der Waals surface area contributed by atoms with Crippen molar-refractivity contribution in [2.24, 2.45) is 5.73 Å². The van der Waals surface area contributed by atoms with Crippen LogP contribution in [-0.2, 0) is 4.79 Å². The molecular formula is C13H16N4O. The highest BCUT2D eigenvalue weighted by atomic mass is 16.1. The van der Waals surface area contributed by atoms with Crippen LogP contribution in [0.3, 0.4) is 0 Å². The Labute approximate surface area is 105 Å². The van der Waals surface area contributed by atoms with Crippen LogP contribution in [0.4, 0.5) is 5.69 Å². The fraction of sp³-hybridized carbons (Fsp3) is 0.308. The minimum atomic E-state index is -0.419. The lowest BCUT2D eigenvalue weighted by Gasteiger charge is -2.26. The van der Waals surface area contributed by atoms with Crippen molar-refractivity contribution in [2.75, 3.05) is 5.32 Å². The SMILES string of the molecule is CC(C)(CC(N)=O)Nc1cnnc2ccccc12. The zero-order valence-electron chi connectivity index (χ0n) is 10.5. The molecule has 3 N–H and O–H groups in total. The third kappa shape index (κ3) is 2.74. The van der Waals surface area contributed by atoms with Crippen molar-refractivity contribution < 1.29 is 4.79 Å². The Kier molecular flexibility index (Phi) is 3.14. The first kappa shape index (κ1) is 12.3. The van der Waals surface area contributed by atoms with E-state index in [1.165, 1.54) is 0 Å². The molecule has 0 aliphatic carbocycles. The minimum Gasteiger partial charge on any atom is -0.378 e. The van der Waals surface area contributed by atoms with E-state index in [1.807, 2.05) is 38.1 Å². The number of nitrogens with two attached hydrogens (primary N) is 1. The number of amides is 1. The van der Waals surface area contributed by atoms with E-state index >= 15 is 0 Å². The number of rotatable bonds is 4. The molecule has 5 heteroatoms. The van der Waals surface area contributed by atoms with E-state index in [1.54, 1.807) is 6.20 Å². The van der Waals surface area contributed by atoms with Crippen molar-refractivity contribution in [1.29, 1.82) is 0 Å². The van der Waals surface area contributed by atoms with E-state index in [0.29, 0.717) is 0 Å². The summed E-state index contributed by atoms with van der Waals surface area (Å²) < 4.78 is 0. The molecule has 2 aromatic rings. The Morgan fingerprint density at radius 2 is 2.11 bits per heavy atom. The predicted molar refractivity (Wildman–Crippen MR) is 71.1 cm³/mol. The van der Waals surface area contributed by atoms with Crippen molar-refractivity contribution in [1.82, 2.24) is 10.2 Å². The molecule has 0 unspecified atom stereocenters. The molecule has 1 amide bonds. The van der Waals surface area contributed by atoms with Gasteiger partial charge in [-0.15, -0.1) is 0 Å². The monoisotopic (exact) mass is 244 g/mol. The molecule has 0 radical (unpaired) electrons. The summed E-state index contributed by atoms with van der Waals surface area (Å²) in [7, 11) is 0. The van der Waals surface area contributed by atoms with Crippen molar-refractivity contribution >= 4 is 22.5 Å². The molecule has 18 heavy (non-hydrogen) atoms. The fourth-order valence-corrected chi connectivity index (χ4v) is 1.95. The average molecular weight is 244 g/mol. The summed E-state index contributed by atoms with van der Waals surface area (Å²) in [5, 5.41) is 12.3. The van der Waals surface area contributed by atoms with Crippen molar-refractivity contribution in [3.05, 3.63) is 30.5 Å². The molecule has 1 aromatic carbocycles. The van der Waals surface area contributed by atoms with E-state index in [9.17, 15) is 4.79 Å². The van der Waals surface area contributed by atoms with Crippen LogP contribution in [0, 0.1) is 0 Å². The fourth-order valence-electron chi connectivity index (χ4n) is 1.95. The van der Waals surface area contributed by atoms with Gasteiger partial charge in [-0.3, -0.25) is 4.79 Å². The normalized spacial score (nSPS) is 11.4. The van der Waals surface area contributed by atoms with E-state index < -0.39 is 5.54 Å². The molecular weight excluding hydrogens is 228 g/mol. The number of anilines is 1. The van der Waals surface area contributed by atoms with Gasteiger partial charge in [0.1, 0.15) is 0 Å². The van der Waals surface area contributed by atoms with Crippen LogP contribution in [0.2, 0.25) is 0 Å². The Balaban J connectivity index is 2.34. The molecule has 94 valence electrons. The van der Waals surface area contributed by atoms with Crippen LogP contribution in [0.5, 0.6) is 0 Å². The summed E-state index contributed by atoms with van der Waals surface area (Å²) >= 11 is 0. The summed E-state index contributed by atoms with van der Waals surface area (Å²) in [5.41, 5.74) is 6.49. The van der Waals surface area contributed by atoms with Gasteiger partial charge in [0.15, 0.2) is 0 Å². The van der Waals surface area contributed by atoms with Crippen LogP contribution in [0.25, 0.3) is 10.9 Å². The predicted octanol–water partition coefficient (Wildman–Crippen LogP) is 1.70. The number of carbonyl (C=O) groups is 1. The Hall–Kier alpha value is -2.17.